The summed E-state index contributed by atoms with van der Waals surface area (Å²) in [6.07, 6.45) is 4.24. The van der Waals surface area contributed by atoms with Gasteiger partial charge in [0.05, 0.1) is 6.61 Å². The van der Waals surface area contributed by atoms with Gasteiger partial charge in [-0.05, 0) is 56.1 Å². The van der Waals surface area contributed by atoms with E-state index in [-0.39, 0.29) is 5.91 Å². The lowest BCUT2D eigenvalue weighted by atomic mass is 10.1. The first-order chi connectivity index (χ1) is 12.3. The van der Waals surface area contributed by atoms with Gasteiger partial charge in [-0.15, -0.1) is 0 Å². The average molecular weight is 339 g/mol. The molecule has 5 nitrogen and oxygen atoms in total. The Balaban J connectivity index is 1.55. The molecule has 1 amide bonds. The second-order valence-corrected chi connectivity index (χ2v) is 6.27. The van der Waals surface area contributed by atoms with Crippen molar-refractivity contribution in [3.05, 3.63) is 59.3 Å². The van der Waals surface area contributed by atoms with E-state index in [9.17, 15) is 4.79 Å². The van der Waals surface area contributed by atoms with Gasteiger partial charge in [-0.1, -0.05) is 24.3 Å². The van der Waals surface area contributed by atoms with Gasteiger partial charge in [0, 0.05) is 19.3 Å². The first kappa shape index (κ1) is 17.4. The van der Waals surface area contributed by atoms with Crippen molar-refractivity contribution >= 4 is 5.91 Å². The van der Waals surface area contributed by atoms with Crippen molar-refractivity contribution in [1.82, 2.24) is 15.2 Å². The molecule has 2 aromatic rings. The summed E-state index contributed by atoms with van der Waals surface area (Å²) in [5.41, 5.74) is 2.87. The Labute approximate surface area is 149 Å². The van der Waals surface area contributed by atoms with Gasteiger partial charge in [-0.3, -0.25) is 9.69 Å². The summed E-state index contributed by atoms with van der Waals surface area (Å²) in [5.74, 6) is 0.209. The fourth-order valence-corrected chi connectivity index (χ4v) is 3.05. The first-order valence-corrected chi connectivity index (χ1v) is 8.92. The Bertz CT molecular complexity index is 694. The maximum absolute atomic E-state index is 12.4. The summed E-state index contributed by atoms with van der Waals surface area (Å²) < 4.78 is 5.41. The molecule has 0 atom stereocenters. The van der Waals surface area contributed by atoms with Crippen molar-refractivity contribution in [3.63, 3.8) is 0 Å². The number of hydrogen-bond acceptors (Lipinski definition) is 4. The highest BCUT2D eigenvalue weighted by molar-refractivity contribution is 5.96. The van der Waals surface area contributed by atoms with Gasteiger partial charge >= 0.3 is 0 Å². The molecule has 5 heteroatoms. The molecule has 0 saturated carbocycles. The molecule has 1 aliphatic rings. The van der Waals surface area contributed by atoms with E-state index in [1.54, 1.807) is 18.3 Å². The number of carbonyl (C=O) groups is 1. The second-order valence-electron chi connectivity index (χ2n) is 6.27. The predicted octanol–water partition coefficient (Wildman–Crippen LogP) is 3.01. The molecule has 0 aliphatic carbocycles. The van der Waals surface area contributed by atoms with Gasteiger partial charge in [0.1, 0.15) is 5.56 Å². The molecule has 1 saturated heterocycles. The lowest BCUT2D eigenvalue weighted by Crippen LogP contribution is -2.24. The molecule has 1 N–H and O–H groups in total. The van der Waals surface area contributed by atoms with E-state index in [2.05, 4.69) is 39.5 Å². The second kappa shape index (κ2) is 8.62. The van der Waals surface area contributed by atoms with Crippen LogP contribution in [0.1, 0.15) is 41.3 Å². The van der Waals surface area contributed by atoms with E-state index >= 15 is 0 Å². The van der Waals surface area contributed by atoms with E-state index in [1.165, 1.54) is 31.5 Å². The molecule has 1 aliphatic heterocycles. The number of nitrogens with one attached hydrogen (secondary N) is 1. The Morgan fingerprint density at radius 1 is 1.16 bits per heavy atom. The highest BCUT2D eigenvalue weighted by Gasteiger charge is 2.13. The summed E-state index contributed by atoms with van der Waals surface area (Å²) >= 11 is 0. The van der Waals surface area contributed by atoms with Crippen LogP contribution in [0.25, 0.3) is 0 Å². The number of hydrogen-bond donors (Lipinski definition) is 1. The molecule has 132 valence electrons. The van der Waals surface area contributed by atoms with Crippen molar-refractivity contribution in [2.75, 3.05) is 19.7 Å². The topological polar surface area (TPSA) is 54.5 Å². The van der Waals surface area contributed by atoms with Crippen LogP contribution in [0.5, 0.6) is 5.88 Å². The molecule has 0 spiro atoms. The smallest absolute Gasteiger partial charge is 0.257 e. The van der Waals surface area contributed by atoms with Crippen molar-refractivity contribution in [2.24, 2.45) is 0 Å². The average Bonchev–Trinajstić information content (AvgIpc) is 3.15. The van der Waals surface area contributed by atoms with Crippen molar-refractivity contribution in [1.29, 1.82) is 0 Å². The number of pyridine rings is 1. The Hall–Kier alpha value is -2.40. The summed E-state index contributed by atoms with van der Waals surface area (Å²) in [6, 6.07) is 11.9. The van der Waals surface area contributed by atoms with Crippen LogP contribution in [-0.4, -0.2) is 35.5 Å². The maximum Gasteiger partial charge on any atom is 0.257 e. The van der Waals surface area contributed by atoms with Crippen LogP contribution in [0, 0.1) is 0 Å². The molecule has 3 rings (SSSR count). The van der Waals surface area contributed by atoms with Crippen LogP contribution in [-0.2, 0) is 13.1 Å². The van der Waals surface area contributed by atoms with Crippen LogP contribution in [0.2, 0.25) is 0 Å². The molecular formula is C20H25N3O2. The highest BCUT2D eigenvalue weighted by atomic mass is 16.5. The van der Waals surface area contributed by atoms with Gasteiger partial charge in [-0.25, -0.2) is 4.98 Å². The van der Waals surface area contributed by atoms with Crippen molar-refractivity contribution in [3.8, 4) is 5.88 Å². The number of benzene rings is 1. The van der Waals surface area contributed by atoms with E-state index in [4.69, 9.17) is 4.74 Å². The minimum absolute atomic E-state index is 0.169. The SMILES string of the molecule is CCOc1ncccc1C(=O)NCc1ccc(CN2CCCC2)cc1. The van der Waals surface area contributed by atoms with Crippen molar-refractivity contribution < 1.29 is 9.53 Å². The van der Waals surface area contributed by atoms with Gasteiger partial charge in [0.15, 0.2) is 0 Å². The lowest BCUT2D eigenvalue weighted by molar-refractivity contribution is 0.0946. The largest absolute Gasteiger partial charge is 0.477 e. The van der Waals surface area contributed by atoms with Gasteiger partial charge in [0.25, 0.3) is 5.91 Å². The number of ether oxygens (including phenoxy) is 1. The third-order valence-corrected chi connectivity index (χ3v) is 4.38. The highest BCUT2D eigenvalue weighted by Crippen LogP contribution is 2.15. The van der Waals surface area contributed by atoms with Crippen LogP contribution in [0.3, 0.4) is 0 Å². The quantitative estimate of drug-likeness (QED) is 0.842. The minimum Gasteiger partial charge on any atom is -0.477 e. The zero-order valence-corrected chi connectivity index (χ0v) is 14.7. The summed E-state index contributed by atoms with van der Waals surface area (Å²) in [7, 11) is 0. The normalized spacial score (nSPS) is 14.4. The summed E-state index contributed by atoms with van der Waals surface area (Å²) in [6.45, 7) is 6.26. The third kappa shape index (κ3) is 4.79. The maximum atomic E-state index is 12.4. The molecule has 0 bridgehead atoms. The standard InChI is InChI=1S/C20H25N3O2/c1-2-25-20-18(6-5-11-21-20)19(24)22-14-16-7-9-17(10-8-16)15-23-12-3-4-13-23/h5-11H,2-4,12-15H2,1H3,(H,22,24). The summed E-state index contributed by atoms with van der Waals surface area (Å²) in [4.78, 5) is 19.0. The number of aromatic nitrogens is 1. The lowest BCUT2D eigenvalue weighted by Gasteiger charge is -2.14. The van der Waals surface area contributed by atoms with Crippen LogP contribution < -0.4 is 10.1 Å². The van der Waals surface area contributed by atoms with Gasteiger partial charge in [-0.2, -0.15) is 0 Å². The predicted molar refractivity (Wildman–Crippen MR) is 97.5 cm³/mol. The van der Waals surface area contributed by atoms with E-state index in [1.807, 2.05) is 6.92 Å². The Morgan fingerprint density at radius 3 is 2.60 bits per heavy atom. The van der Waals surface area contributed by atoms with Crippen LogP contribution in [0.4, 0.5) is 0 Å². The van der Waals surface area contributed by atoms with Crippen LogP contribution >= 0.6 is 0 Å². The molecule has 1 fully saturated rings. The Morgan fingerprint density at radius 2 is 1.88 bits per heavy atom. The zero-order valence-electron chi connectivity index (χ0n) is 14.7. The van der Waals surface area contributed by atoms with E-state index in [0.29, 0.717) is 24.6 Å². The fourth-order valence-electron chi connectivity index (χ4n) is 3.05. The van der Waals surface area contributed by atoms with Crippen molar-refractivity contribution in [2.45, 2.75) is 32.9 Å². The number of amides is 1. The number of carbonyl (C=O) groups excluding carboxylic acids is 1. The monoisotopic (exact) mass is 339 g/mol. The fraction of sp³-hybridized carbons (Fsp3) is 0.400. The van der Waals surface area contributed by atoms with E-state index in [0.717, 1.165) is 12.1 Å². The molecule has 0 radical (unpaired) electrons. The molecule has 0 unspecified atom stereocenters. The zero-order chi connectivity index (χ0) is 17.5. The van der Waals surface area contributed by atoms with E-state index < -0.39 is 0 Å². The van der Waals surface area contributed by atoms with Gasteiger partial charge in [0.2, 0.25) is 5.88 Å². The number of nitrogens with zero attached hydrogens (tertiary/aromatic N) is 2. The molecular weight excluding hydrogens is 314 g/mol. The van der Waals surface area contributed by atoms with Crippen LogP contribution in [0.15, 0.2) is 42.6 Å². The molecule has 25 heavy (non-hydrogen) atoms. The minimum atomic E-state index is -0.169. The molecule has 2 heterocycles. The van der Waals surface area contributed by atoms with Gasteiger partial charge < -0.3 is 10.1 Å². The number of likely N-dealkylation sites (tertiary alicyclic amines) is 1. The third-order valence-electron chi connectivity index (χ3n) is 4.38. The molecule has 1 aromatic heterocycles. The Kier molecular flexibility index (Phi) is 6.01. The molecule has 1 aromatic carbocycles. The number of rotatable bonds is 7. The summed E-state index contributed by atoms with van der Waals surface area (Å²) in [5, 5.41) is 2.94. The first-order valence-electron chi connectivity index (χ1n) is 8.92.